The first kappa shape index (κ1) is 14.9. The number of ether oxygens (including phenoxy) is 1. The average molecular weight is 302 g/mol. The standard InChI is InChI=1S/C15H22N6O/c1-12-9-14(17-10-16-12)21-6-4-3-5-13(21)15-19-18-11-20(15)7-8-22-2/h9-11,13H,3-8H2,1-2H3/t13-/m1/s1. The highest BCUT2D eigenvalue weighted by atomic mass is 16.5. The van der Waals surface area contributed by atoms with E-state index in [1.165, 1.54) is 12.8 Å². The lowest BCUT2D eigenvalue weighted by molar-refractivity contribution is 0.185. The van der Waals surface area contributed by atoms with E-state index in [4.69, 9.17) is 4.74 Å². The summed E-state index contributed by atoms with van der Waals surface area (Å²) in [6.07, 6.45) is 6.85. The molecule has 0 spiro atoms. The second-order valence-electron chi connectivity index (χ2n) is 5.60. The number of aromatic nitrogens is 5. The van der Waals surface area contributed by atoms with Crippen LogP contribution >= 0.6 is 0 Å². The maximum absolute atomic E-state index is 5.17. The lowest BCUT2D eigenvalue weighted by atomic mass is 10.0. The molecular formula is C15H22N6O. The van der Waals surface area contributed by atoms with Crippen LogP contribution in [0.1, 0.15) is 36.8 Å². The van der Waals surface area contributed by atoms with Crippen LogP contribution in [0.3, 0.4) is 0 Å². The first-order valence-electron chi connectivity index (χ1n) is 7.71. The molecule has 0 aromatic carbocycles. The lowest BCUT2D eigenvalue weighted by Crippen LogP contribution is -2.36. The molecule has 0 N–H and O–H groups in total. The number of methoxy groups -OCH3 is 1. The number of aryl methyl sites for hydroxylation is 1. The predicted molar refractivity (Wildman–Crippen MR) is 82.6 cm³/mol. The minimum Gasteiger partial charge on any atom is -0.383 e. The molecule has 0 saturated carbocycles. The van der Waals surface area contributed by atoms with Gasteiger partial charge >= 0.3 is 0 Å². The predicted octanol–water partition coefficient (Wildman–Crippen LogP) is 1.75. The zero-order valence-corrected chi connectivity index (χ0v) is 13.1. The van der Waals surface area contributed by atoms with Crippen LogP contribution < -0.4 is 4.90 Å². The molecule has 22 heavy (non-hydrogen) atoms. The van der Waals surface area contributed by atoms with Crippen LogP contribution in [-0.2, 0) is 11.3 Å². The van der Waals surface area contributed by atoms with Crippen LogP contribution in [0.2, 0.25) is 0 Å². The fourth-order valence-corrected chi connectivity index (χ4v) is 2.96. The summed E-state index contributed by atoms with van der Waals surface area (Å²) in [4.78, 5) is 11.0. The molecule has 3 rings (SSSR count). The van der Waals surface area contributed by atoms with Crippen LogP contribution in [0.4, 0.5) is 5.82 Å². The zero-order valence-electron chi connectivity index (χ0n) is 13.1. The number of hydrogen-bond donors (Lipinski definition) is 0. The first-order valence-corrected chi connectivity index (χ1v) is 7.71. The van der Waals surface area contributed by atoms with E-state index in [9.17, 15) is 0 Å². The van der Waals surface area contributed by atoms with Crippen molar-refractivity contribution < 1.29 is 4.74 Å². The van der Waals surface area contributed by atoms with Crippen molar-refractivity contribution >= 4 is 5.82 Å². The molecule has 7 nitrogen and oxygen atoms in total. The van der Waals surface area contributed by atoms with E-state index < -0.39 is 0 Å². The van der Waals surface area contributed by atoms with Crippen LogP contribution in [0.25, 0.3) is 0 Å². The van der Waals surface area contributed by atoms with Crippen molar-refractivity contribution in [2.24, 2.45) is 0 Å². The summed E-state index contributed by atoms with van der Waals surface area (Å²) >= 11 is 0. The van der Waals surface area contributed by atoms with Crippen molar-refractivity contribution in [2.75, 3.05) is 25.2 Å². The Morgan fingerprint density at radius 1 is 1.32 bits per heavy atom. The second-order valence-corrected chi connectivity index (χ2v) is 5.60. The SMILES string of the molecule is COCCn1cnnc1[C@H]1CCCCN1c1cc(C)ncn1. The number of hydrogen-bond acceptors (Lipinski definition) is 6. The molecule has 118 valence electrons. The van der Waals surface area contributed by atoms with Gasteiger partial charge < -0.3 is 14.2 Å². The minimum absolute atomic E-state index is 0.211. The molecule has 0 amide bonds. The zero-order chi connectivity index (χ0) is 15.4. The monoisotopic (exact) mass is 302 g/mol. The third kappa shape index (κ3) is 3.09. The summed E-state index contributed by atoms with van der Waals surface area (Å²) in [5.41, 5.74) is 0.982. The van der Waals surface area contributed by atoms with Gasteiger partial charge in [0, 0.05) is 32.0 Å². The van der Waals surface area contributed by atoms with Crippen LogP contribution in [0.15, 0.2) is 18.7 Å². The molecule has 0 bridgehead atoms. The molecule has 1 saturated heterocycles. The van der Waals surface area contributed by atoms with E-state index in [-0.39, 0.29) is 6.04 Å². The van der Waals surface area contributed by atoms with Gasteiger partial charge in [0.15, 0.2) is 5.82 Å². The quantitative estimate of drug-likeness (QED) is 0.838. The van der Waals surface area contributed by atoms with Crippen molar-refractivity contribution in [2.45, 2.75) is 38.8 Å². The van der Waals surface area contributed by atoms with Gasteiger partial charge in [-0.15, -0.1) is 10.2 Å². The van der Waals surface area contributed by atoms with Gasteiger partial charge in [0.25, 0.3) is 0 Å². The van der Waals surface area contributed by atoms with Gasteiger partial charge in [0.2, 0.25) is 0 Å². The van der Waals surface area contributed by atoms with E-state index in [1.54, 1.807) is 19.8 Å². The third-order valence-corrected chi connectivity index (χ3v) is 4.07. The molecule has 0 unspecified atom stereocenters. The van der Waals surface area contributed by atoms with Crippen LogP contribution in [0, 0.1) is 6.92 Å². The number of rotatable bonds is 5. The molecule has 1 aliphatic heterocycles. The highest BCUT2D eigenvalue weighted by Crippen LogP contribution is 2.33. The highest BCUT2D eigenvalue weighted by molar-refractivity contribution is 5.41. The van der Waals surface area contributed by atoms with E-state index in [1.807, 2.05) is 13.0 Å². The molecule has 0 aliphatic carbocycles. The van der Waals surface area contributed by atoms with Gasteiger partial charge in [-0.3, -0.25) is 0 Å². The van der Waals surface area contributed by atoms with E-state index in [2.05, 4.69) is 29.6 Å². The first-order chi connectivity index (χ1) is 10.8. The maximum Gasteiger partial charge on any atom is 0.155 e. The van der Waals surface area contributed by atoms with E-state index >= 15 is 0 Å². The normalized spacial score (nSPS) is 18.6. The number of piperidine rings is 1. The fraction of sp³-hybridized carbons (Fsp3) is 0.600. The summed E-state index contributed by atoms with van der Waals surface area (Å²) in [6.45, 7) is 4.40. The molecule has 1 fully saturated rings. The van der Waals surface area contributed by atoms with Gasteiger partial charge in [-0.05, 0) is 26.2 Å². The van der Waals surface area contributed by atoms with Crippen molar-refractivity contribution in [1.82, 2.24) is 24.7 Å². The van der Waals surface area contributed by atoms with Crippen molar-refractivity contribution in [3.05, 3.63) is 30.2 Å². The summed E-state index contributed by atoms with van der Waals surface area (Å²) < 4.78 is 7.26. The average Bonchev–Trinajstić information content (AvgIpc) is 3.01. The van der Waals surface area contributed by atoms with Gasteiger partial charge in [0.1, 0.15) is 18.5 Å². The Bertz CT molecular complexity index is 614. The Labute approximate surface area is 130 Å². The minimum atomic E-state index is 0.211. The molecule has 2 aromatic rings. The Morgan fingerprint density at radius 2 is 2.23 bits per heavy atom. The van der Waals surface area contributed by atoms with Crippen LogP contribution in [0.5, 0.6) is 0 Å². The highest BCUT2D eigenvalue weighted by Gasteiger charge is 2.29. The lowest BCUT2D eigenvalue weighted by Gasteiger charge is -2.36. The smallest absolute Gasteiger partial charge is 0.155 e. The van der Waals surface area contributed by atoms with E-state index in [0.717, 1.165) is 36.8 Å². The van der Waals surface area contributed by atoms with Crippen molar-refractivity contribution in [3.8, 4) is 0 Å². The van der Waals surface area contributed by atoms with Gasteiger partial charge in [-0.2, -0.15) is 0 Å². The molecular weight excluding hydrogens is 280 g/mol. The molecule has 7 heteroatoms. The van der Waals surface area contributed by atoms with Gasteiger partial charge in [-0.25, -0.2) is 9.97 Å². The van der Waals surface area contributed by atoms with E-state index in [0.29, 0.717) is 6.61 Å². The van der Waals surface area contributed by atoms with Crippen molar-refractivity contribution in [1.29, 1.82) is 0 Å². The Balaban J connectivity index is 1.88. The molecule has 1 aliphatic rings. The molecule has 1 atom stereocenters. The fourth-order valence-electron chi connectivity index (χ4n) is 2.96. The number of nitrogens with zero attached hydrogens (tertiary/aromatic N) is 6. The number of anilines is 1. The summed E-state index contributed by atoms with van der Waals surface area (Å²) in [6, 6.07) is 2.25. The molecule has 0 radical (unpaired) electrons. The Hall–Kier alpha value is -2.02. The molecule has 2 aromatic heterocycles. The topological polar surface area (TPSA) is 69.0 Å². The summed E-state index contributed by atoms with van der Waals surface area (Å²) in [7, 11) is 1.71. The second kappa shape index (κ2) is 6.83. The maximum atomic E-state index is 5.17. The summed E-state index contributed by atoms with van der Waals surface area (Å²) in [5, 5.41) is 8.46. The third-order valence-electron chi connectivity index (χ3n) is 4.07. The van der Waals surface area contributed by atoms with Crippen LogP contribution in [-0.4, -0.2) is 45.0 Å². The summed E-state index contributed by atoms with van der Waals surface area (Å²) in [5.74, 6) is 1.96. The Morgan fingerprint density at radius 3 is 3.05 bits per heavy atom. The Kier molecular flexibility index (Phi) is 4.62. The van der Waals surface area contributed by atoms with Crippen molar-refractivity contribution in [3.63, 3.8) is 0 Å². The largest absolute Gasteiger partial charge is 0.383 e. The van der Waals surface area contributed by atoms with Gasteiger partial charge in [0.05, 0.1) is 12.6 Å². The van der Waals surface area contributed by atoms with Gasteiger partial charge in [-0.1, -0.05) is 0 Å². The molecule has 3 heterocycles.